The number of sulfonamides is 1. The Morgan fingerprint density at radius 3 is 2.55 bits per heavy atom. The van der Waals surface area contributed by atoms with Crippen LogP contribution in [0, 0.1) is 0 Å². The summed E-state index contributed by atoms with van der Waals surface area (Å²) >= 11 is 1.61. The van der Waals surface area contributed by atoms with E-state index in [1.54, 1.807) is 25.2 Å². The van der Waals surface area contributed by atoms with Crippen LogP contribution in [0.3, 0.4) is 0 Å². The van der Waals surface area contributed by atoms with Gasteiger partial charge in [0.25, 0.3) is 0 Å². The molecule has 0 aromatic carbocycles. The van der Waals surface area contributed by atoms with Crippen molar-refractivity contribution in [3.8, 4) is 0 Å². The van der Waals surface area contributed by atoms with Crippen LogP contribution in [0.1, 0.15) is 55.4 Å². The number of hydrogen-bond acceptors (Lipinski definition) is 4. The Kier molecular flexibility index (Phi) is 4.89. The van der Waals surface area contributed by atoms with E-state index in [1.807, 2.05) is 6.07 Å². The van der Waals surface area contributed by atoms with Gasteiger partial charge in [-0.25, -0.2) is 13.1 Å². The molecular weight excluding hydrogens is 294 g/mol. The highest BCUT2D eigenvalue weighted by Crippen LogP contribution is 2.44. The molecule has 20 heavy (non-hydrogen) atoms. The molecule has 1 aromatic rings. The summed E-state index contributed by atoms with van der Waals surface area (Å²) in [5.74, 6) is 0.118. The van der Waals surface area contributed by atoms with Gasteiger partial charge < -0.3 is 5.11 Å². The van der Waals surface area contributed by atoms with Gasteiger partial charge >= 0.3 is 0 Å². The molecule has 0 saturated heterocycles. The first kappa shape index (κ1) is 15.9. The molecule has 1 heterocycles. The van der Waals surface area contributed by atoms with Gasteiger partial charge in [0.2, 0.25) is 10.0 Å². The summed E-state index contributed by atoms with van der Waals surface area (Å²) < 4.78 is 26.1. The molecule has 2 rings (SSSR count). The SMILES string of the molecule is CCS(=O)(=O)NCC1(c2ccc(C(C)O)s2)CCCC1. The van der Waals surface area contributed by atoms with Crippen LogP contribution >= 0.6 is 11.3 Å². The summed E-state index contributed by atoms with van der Waals surface area (Å²) in [6, 6.07) is 4.01. The lowest BCUT2D eigenvalue weighted by Crippen LogP contribution is -2.39. The maximum Gasteiger partial charge on any atom is 0.211 e. The van der Waals surface area contributed by atoms with Gasteiger partial charge in [-0.05, 0) is 38.8 Å². The van der Waals surface area contributed by atoms with E-state index in [0.29, 0.717) is 6.54 Å². The van der Waals surface area contributed by atoms with E-state index >= 15 is 0 Å². The van der Waals surface area contributed by atoms with Crippen LogP contribution in [0.15, 0.2) is 12.1 Å². The number of aliphatic hydroxyl groups is 1. The fraction of sp³-hybridized carbons (Fsp3) is 0.714. The zero-order valence-corrected chi connectivity index (χ0v) is 13.7. The van der Waals surface area contributed by atoms with E-state index in [-0.39, 0.29) is 11.2 Å². The first-order valence-electron chi connectivity index (χ1n) is 7.14. The predicted octanol–water partition coefficient (Wildman–Crippen LogP) is 2.55. The van der Waals surface area contributed by atoms with Gasteiger partial charge in [-0.3, -0.25) is 0 Å². The van der Waals surface area contributed by atoms with Gasteiger partial charge in [0.1, 0.15) is 0 Å². The van der Waals surface area contributed by atoms with E-state index in [1.165, 1.54) is 4.88 Å². The summed E-state index contributed by atoms with van der Waals surface area (Å²) in [6.07, 6.45) is 3.84. The lowest BCUT2D eigenvalue weighted by Gasteiger charge is -2.28. The number of nitrogens with one attached hydrogen (secondary N) is 1. The highest BCUT2D eigenvalue weighted by molar-refractivity contribution is 7.89. The standard InChI is InChI=1S/C14H23NO3S2/c1-3-20(17,18)15-10-14(8-4-5-9-14)13-7-6-12(19-13)11(2)16/h6-7,11,15-16H,3-5,8-10H2,1-2H3. The first-order chi connectivity index (χ1) is 9.38. The zero-order chi connectivity index (χ0) is 14.8. The molecule has 1 aromatic heterocycles. The molecule has 114 valence electrons. The highest BCUT2D eigenvalue weighted by Gasteiger charge is 2.37. The summed E-state index contributed by atoms with van der Waals surface area (Å²) in [5.41, 5.74) is -0.0833. The van der Waals surface area contributed by atoms with Gasteiger partial charge in [0.05, 0.1) is 11.9 Å². The van der Waals surface area contributed by atoms with Crippen molar-refractivity contribution in [2.75, 3.05) is 12.3 Å². The van der Waals surface area contributed by atoms with Crippen LogP contribution in [0.2, 0.25) is 0 Å². The maximum absolute atomic E-state index is 11.7. The molecule has 6 heteroatoms. The molecule has 1 atom stereocenters. The van der Waals surface area contributed by atoms with E-state index in [2.05, 4.69) is 10.8 Å². The third-order valence-corrected chi connectivity index (χ3v) is 6.98. The van der Waals surface area contributed by atoms with Crippen molar-refractivity contribution in [1.82, 2.24) is 4.72 Å². The Hall–Kier alpha value is -0.430. The van der Waals surface area contributed by atoms with Gasteiger partial charge in [0, 0.05) is 21.7 Å². The molecule has 0 aliphatic heterocycles. The molecule has 1 aliphatic carbocycles. The Morgan fingerprint density at radius 2 is 2.05 bits per heavy atom. The van der Waals surface area contributed by atoms with Crippen molar-refractivity contribution >= 4 is 21.4 Å². The predicted molar refractivity (Wildman–Crippen MR) is 82.6 cm³/mol. The summed E-state index contributed by atoms with van der Waals surface area (Å²) in [6.45, 7) is 3.89. The smallest absolute Gasteiger partial charge is 0.211 e. The van der Waals surface area contributed by atoms with Gasteiger partial charge in [-0.1, -0.05) is 12.8 Å². The summed E-state index contributed by atoms with van der Waals surface area (Å²) in [7, 11) is -3.16. The number of rotatable bonds is 6. The van der Waals surface area contributed by atoms with E-state index in [4.69, 9.17) is 0 Å². The summed E-state index contributed by atoms with van der Waals surface area (Å²) in [4.78, 5) is 2.15. The molecule has 0 amide bonds. The van der Waals surface area contributed by atoms with Crippen molar-refractivity contribution in [2.24, 2.45) is 0 Å². The fourth-order valence-electron chi connectivity index (χ4n) is 2.77. The molecule has 1 fully saturated rings. The van der Waals surface area contributed by atoms with Crippen LogP contribution in [0.25, 0.3) is 0 Å². The van der Waals surface area contributed by atoms with Crippen molar-refractivity contribution < 1.29 is 13.5 Å². The van der Waals surface area contributed by atoms with Crippen molar-refractivity contribution in [3.63, 3.8) is 0 Å². The Morgan fingerprint density at radius 1 is 1.40 bits per heavy atom. The van der Waals surface area contributed by atoms with E-state index < -0.39 is 16.1 Å². The van der Waals surface area contributed by atoms with Crippen LogP contribution in [0.5, 0.6) is 0 Å². The van der Waals surface area contributed by atoms with Gasteiger partial charge in [-0.2, -0.15) is 0 Å². The average Bonchev–Trinajstić information content (AvgIpc) is 3.06. The van der Waals surface area contributed by atoms with Crippen LogP contribution in [0.4, 0.5) is 0 Å². The minimum Gasteiger partial charge on any atom is -0.388 e. The van der Waals surface area contributed by atoms with Crippen LogP contribution in [-0.4, -0.2) is 25.8 Å². The largest absolute Gasteiger partial charge is 0.388 e. The molecule has 0 spiro atoms. The zero-order valence-electron chi connectivity index (χ0n) is 12.1. The molecule has 1 unspecified atom stereocenters. The van der Waals surface area contributed by atoms with Crippen molar-refractivity contribution in [3.05, 3.63) is 21.9 Å². The number of thiophene rings is 1. The van der Waals surface area contributed by atoms with Crippen molar-refractivity contribution in [2.45, 2.75) is 51.0 Å². The Balaban J connectivity index is 2.20. The second-order valence-electron chi connectivity index (χ2n) is 5.59. The fourth-order valence-corrected chi connectivity index (χ4v) is 4.66. The average molecular weight is 317 g/mol. The van der Waals surface area contributed by atoms with Crippen LogP contribution in [-0.2, 0) is 15.4 Å². The molecule has 2 N–H and O–H groups in total. The lowest BCUT2D eigenvalue weighted by atomic mass is 9.85. The van der Waals surface area contributed by atoms with Crippen molar-refractivity contribution in [1.29, 1.82) is 0 Å². The van der Waals surface area contributed by atoms with Gasteiger partial charge in [0.15, 0.2) is 0 Å². The second kappa shape index (κ2) is 6.13. The molecule has 4 nitrogen and oxygen atoms in total. The third-order valence-electron chi connectivity index (χ3n) is 4.13. The molecule has 1 aliphatic rings. The number of aliphatic hydroxyl groups excluding tert-OH is 1. The lowest BCUT2D eigenvalue weighted by molar-refractivity contribution is 0.203. The van der Waals surface area contributed by atoms with E-state index in [9.17, 15) is 13.5 Å². The maximum atomic E-state index is 11.7. The van der Waals surface area contributed by atoms with Crippen LogP contribution < -0.4 is 4.72 Å². The van der Waals surface area contributed by atoms with E-state index in [0.717, 1.165) is 30.6 Å². The molecular formula is C14H23NO3S2. The summed E-state index contributed by atoms with van der Waals surface area (Å²) in [5, 5.41) is 9.66. The molecule has 0 bridgehead atoms. The monoisotopic (exact) mass is 317 g/mol. The molecule has 1 saturated carbocycles. The quantitative estimate of drug-likeness (QED) is 0.847. The normalized spacial score (nSPS) is 20.1. The Bertz CT molecular complexity index is 543. The number of hydrogen-bond donors (Lipinski definition) is 2. The minimum absolute atomic E-state index is 0.0833. The topological polar surface area (TPSA) is 66.4 Å². The Labute approximate surface area is 125 Å². The second-order valence-corrected chi connectivity index (χ2v) is 8.80. The minimum atomic E-state index is -3.16. The highest BCUT2D eigenvalue weighted by atomic mass is 32.2. The third kappa shape index (κ3) is 3.42. The molecule has 0 radical (unpaired) electrons. The first-order valence-corrected chi connectivity index (χ1v) is 9.61. The van der Waals surface area contributed by atoms with Gasteiger partial charge in [-0.15, -0.1) is 11.3 Å².